The topological polar surface area (TPSA) is 99.4 Å². The van der Waals surface area contributed by atoms with Crippen LogP contribution in [0.3, 0.4) is 0 Å². The molecule has 0 aromatic rings. The molecule has 4 atom stereocenters. The first-order valence-corrected chi connectivity index (χ1v) is 5.43. The quantitative estimate of drug-likeness (QED) is 0.390. The summed E-state index contributed by atoms with van der Waals surface area (Å²) in [7, 11) is 0. The van der Waals surface area contributed by atoms with E-state index < -0.39 is 31.0 Å². The van der Waals surface area contributed by atoms with Crippen LogP contribution in [0, 0.1) is 0 Å². The standard InChI is InChI=1S/C10H22O6/c1-3-15-8(6-12)9(14)10(16-4-2)7(13)5-11/h7-14H,3-6H2,1-2H3/t7-,8+,9-,10+/m1/s1. The predicted molar refractivity (Wildman–Crippen MR) is 57.0 cm³/mol. The minimum Gasteiger partial charge on any atom is -0.394 e. The van der Waals surface area contributed by atoms with Crippen molar-refractivity contribution in [3.05, 3.63) is 0 Å². The summed E-state index contributed by atoms with van der Waals surface area (Å²) in [5.74, 6) is 0. The van der Waals surface area contributed by atoms with E-state index >= 15 is 0 Å². The Morgan fingerprint density at radius 3 is 1.88 bits per heavy atom. The van der Waals surface area contributed by atoms with Crippen molar-refractivity contribution in [1.82, 2.24) is 0 Å². The maximum absolute atomic E-state index is 9.85. The van der Waals surface area contributed by atoms with E-state index in [1.807, 2.05) is 0 Å². The van der Waals surface area contributed by atoms with Gasteiger partial charge in [0.15, 0.2) is 0 Å². The van der Waals surface area contributed by atoms with Crippen molar-refractivity contribution in [3.8, 4) is 0 Å². The highest BCUT2D eigenvalue weighted by Gasteiger charge is 2.33. The Balaban J connectivity index is 4.49. The van der Waals surface area contributed by atoms with Crippen molar-refractivity contribution < 1.29 is 29.9 Å². The summed E-state index contributed by atoms with van der Waals surface area (Å²) in [5, 5.41) is 37.1. The normalized spacial score (nSPS) is 19.1. The zero-order valence-corrected chi connectivity index (χ0v) is 9.74. The molecule has 6 heteroatoms. The average molecular weight is 238 g/mol. The zero-order chi connectivity index (χ0) is 12.6. The van der Waals surface area contributed by atoms with Crippen molar-refractivity contribution in [2.45, 2.75) is 38.3 Å². The van der Waals surface area contributed by atoms with Gasteiger partial charge in [0, 0.05) is 13.2 Å². The summed E-state index contributed by atoms with van der Waals surface area (Å²) in [5.41, 5.74) is 0. The molecule has 0 unspecified atom stereocenters. The third-order valence-electron chi connectivity index (χ3n) is 2.20. The van der Waals surface area contributed by atoms with Crippen LogP contribution in [-0.2, 0) is 9.47 Å². The summed E-state index contributed by atoms with van der Waals surface area (Å²) in [4.78, 5) is 0. The van der Waals surface area contributed by atoms with Crippen LogP contribution in [-0.4, -0.2) is 71.3 Å². The van der Waals surface area contributed by atoms with Crippen LogP contribution in [0.1, 0.15) is 13.8 Å². The minimum atomic E-state index is -1.20. The molecule has 98 valence electrons. The fraction of sp³-hybridized carbons (Fsp3) is 1.00. The van der Waals surface area contributed by atoms with Gasteiger partial charge in [0.05, 0.1) is 13.2 Å². The highest BCUT2D eigenvalue weighted by molar-refractivity contribution is 4.82. The first-order valence-electron chi connectivity index (χ1n) is 5.43. The third kappa shape index (κ3) is 4.73. The van der Waals surface area contributed by atoms with Gasteiger partial charge in [0.2, 0.25) is 0 Å². The number of rotatable bonds is 9. The lowest BCUT2D eigenvalue weighted by Gasteiger charge is -2.30. The predicted octanol–water partition coefficient (Wildman–Crippen LogP) is -1.50. The van der Waals surface area contributed by atoms with Crippen LogP contribution in [0.25, 0.3) is 0 Å². The Labute approximate surface area is 95.4 Å². The van der Waals surface area contributed by atoms with Gasteiger partial charge in [0.1, 0.15) is 24.4 Å². The maximum atomic E-state index is 9.85. The van der Waals surface area contributed by atoms with Gasteiger partial charge in [0.25, 0.3) is 0 Å². The van der Waals surface area contributed by atoms with Crippen molar-refractivity contribution in [2.75, 3.05) is 26.4 Å². The van der Waals surface area contributed by atoms with Gasteiger partial charge in [-0.3, -0.25) is 0 Å². The van der Waals surface area contributed by atoms with Crippen molar-refractivity contribution >= 4 is 0 Å². The van der Waals surface area contributed by atoms with Gasteiger partial charge < -0.3 is 29.9 Å². The second-order valence-electron chi connectivity index (χ2n) is 3.34. The lowest BCUT2D eigenvalue weighted by atomic mass is 10.0. The molecule has 0 fully saturated rings. The van der Waals surface area contributed by atoms with E-state index in [-0.39, 0.29) is 13.2 Å². The molecular weight excluding hydrogens is 216 g/mol. The molecule has 16 heavy (non-hydrogen) atoms. The van der Waals surface area contributed by atoms with Crippen molar-refractivity contribution in [1.29, 1.82) is 0 Å². The Bertz CT molecular complexity index is 165. The van der Waals surface area contributed by atoms with Crippen LogP contribution in [0.4, 0.5) is 0 Å². The van der Waals surface area contributed by atoms with Gasteiger partial charge in [-0.05, 0) is 13.8 Å². The van der Waals surface area contributed by atoms with Crippen LogP contribution < -0.4 is 0 Å². The molecule has 0 aromatic heterocycles. The van der Waals surface area contributed by atoms with Gasteiger partial charge in [-0.25, -0.2) is 0 Å². The number of ether oxygens (including phenoxy) is 2. The Hall–Kier alpha value is -0.240. The number of hydrogen-bond donors (Lipinski definition) is 4. The lowest BCUT2D eigenvalue weighted by molar-refractivity contribution is -0.158. The molecule has 0 heterocycles. The van der Waals surface area contributed by atoms with Crippen LogP contribution in [0.5, 0.6) is 0 Å². The molecular formula is C10H22O6. The summed E-state index contributed by atoms with van der Waals surface area (Å²) in [6.07, 6.45) is -4.20. The first kappa shape index (κ1) is 15.8. The third-order valence-corrected chi connectivity index (χ3v) is 2.20. The second kappa shape index (κ2) is 8.86. The molecule has 0 saturated carbocycles. The van der Waals surface area contributed by atoms with Gasteiger partial charge in [-0.1, -0.05) is 0 Å². The summed E-state index contributed by atoms with van der Waals surface area (Å²) in [6, 6.07) is 0. The van der Waals surface area contributed by atoms with E-state index in [1.165, 1.54) is 0 Å². The largest absolute Gasteiger partial charge is 0.394 e. The van der Waals surface area contributed by atoms with E-state index in [1.54, 1.807) is 13.8 Å². The van der Waals surface area contributed by atoms with Crippen LogP contribution in [0.2, 0.25) is 0 Å². The highest BCUT2D eigenvalue weighted by atomic mass is 16.5. The van der Waals surface area contributed by atoms with Crippen LogP contribution >= 0.6 is 0 Å². The molecule has 0 aliphatic heterocycles. The molecule has 0 rings (SSSR count). The van der Waals surface area contributed by atoms with E-state index in [2.05, 4.69) is 0 Å². The SMILES string of the molecule is CCO[C@H]([C@H](O)[C@H](CO)OCC)[C@H](O)CO. The summed E-state index contributed by atoms with van der Waals surface area (Å²) in [6.45, 7) is 3.15. The van der Waals surface area contributed by atoms with Crippen LogP contribution in [0.15, 0.2) is 0 Å². The fourth-order valence-corrected chi connectivity index (χ4v) is 1.42. The maximum Gasteiger partial charge on any atom is 0.114 e. The fourth-order valence-electron chi connectivity index (χ4n) is 1.42. The Morgan fingerprint density at radius 1 is 0.938 bits per heavy atom. The van der Waals surface area contributed by atoms with E-state index in [9.17, 15) is 10.2 Å². The van der Waals surface area contributed by atoms with Gasteiger partial charge in [-0.15, -0.1) is 0 Å². The monoisotopic (exact) mass is 238 g/mol. The molecule has 0 aliphatic carbocycles. The molecule has 0 spiro atoms. The number of aliphatic hydroxyl groups is 4. The molecule has 6 nitrogen and oxygen atoms in total. The van der Waals surface area contributed by atoms with Crippen molar-refractivity contribution in [2.24, 2.45) is 0 Å². The Morgan fingerprint density at radius 2 is 1.50 bits per heavy atom. The van der Waals surface area contributed by atoms with E-state index in [0.717, 1.165) is 0 Å². The lowest BCUT2D eigenvalue weighted by Crippen LogP contribution is -2.49. The number of aliphatic hydroxyl groups excluding tert-OH is 4. The molecule has 0 saturated heterocycles. The van der Waals surface area contributed by atoms with Gasteiger partial charge >= 0.3 is 0 Å². The smallest absolute Gasteiger partial charge is 0.114 e. The number of hydrogen-bond acceptors (Lipinski definition) is 6. The first-order chi connectivity index (χ1) is 7.62. The van der Waals surface area contributed by atoms with Gasteiger partial charge in [-0.2, -0.15) is 0 Å². The molecule has 0 aromatic carbocycles. The van der Waals surface area contributed by atoms with E-state index in [0.29, 0.717) is 6.61 Å². The molecule has 0 radical (unpaired) electrons. The van der Waals surface area contributed by atoms with Crippen molar-refractivity contribution in [3.63, 3.8) is 0 Å². The zero-order valence-electron chi connectivity index (χ0n) is 9.74. The average Bonchev–Trinajstić information content (AvgIpc) is 2.31. The summed E-state index contributed by atoms with van der Waals surface area (Å²) < 4.78 is 10.2. The molecule has 0 bridgehead atoms. The highest BCUT2D eigenvalue weighted by Crippen LogP contribution is 2.12. The summed E-state index contributed by atoms with van der Waals surface area (Å²) >= 11 is 0. The molecule has 0 amide bonds. The Kier molecular flexibility index (Phi) is 8.73. The van der Waals surface area contributed by atoms with E-state index in [4.69, 9.17) is 19.7 Å². The molecule has 0 aliphatic rings. The second-order valence-corrected chi connectivity index (χ2v) is 3.34. The minimum absolute atomic E-state index is 0.281. The molecule has 4 N–H and O–H groups in total.